The number of anilines is 1. The summed E-state index contributed by atoms with van der Waals surface area (Å²) in [5.74, 6) is 1.06. The average Bonchev–Trinajstić information content (AvgIpc) is 2.67. The molecular formula is C20H24N2O5. The molecule has 27 heavy (non-hydrogen) atoms. The van der Waals surface area contributed by atoms with Crippen LogP contribution in [0.15, 0.2) is 42.5 Å². The van der Waals surface area contributed by atoms with Crippen LogP contribution in [0, 0.1) is 0 Å². The summed E-state index contributed by atoms with van der Waals surface area (Å²) in [5, 5.41) is 5.41. The van der Waals surface area contributed by atoms with Gasteiger partial charge in [-0.15, -0.1) is 0 Å². The van der Waals surface area contributed by atoms with Crippen LogP contribution in [0.1, 0.15) is 12.0 Å². The van der Waals surface area contributed by atoms with Crippen molar-refractivity contribution >= 4 is 17.5 Å². The van der Waals surface area contributed by atoms with Gasteiger partial charge in [-0.05, 0) is 36.2 Å². The van der Waals surface area contributed by atoms with E-state index in [0.717, 1.165) is 11.3 Å². The van der Waals surface area contributed by atoms with Crippen LogP contribution in [-0.2, 0) is 16.0 Å². The fraction of sp³-hybridized carbons (Fsp3) is 0.300. The summed E-state index contributed by atoms with van der Waals surface area (Å²) in [6, 6.07) is 12.7. The fourth-order valence-corrected chi connectivity index (χ4v) is 2.49. The minimum Gasteiger partial charge on any atom is -0.497 e. The van der Waals surface area contributed by atoms with Crippen LogP contribution in [0.3, 0.4) is 0 Å². The van der Waals surface area contributed by atoms with Gasteiger partial charge >= 0.3 is 0 Å². The van der Waals surface area contributed by atoms with Crippen LogP contribution in [0.25, 0.3) is 0 Å². The summed E-state index contributed by atoms with van der Waals surface area (Å²) in [6.07, 6.45) is 0.368. The average molecular weight is 372 g/mol. The summed E-state index contributed by atoms with van der Waals surface area (Å²) in [5.41, 5.74) is 1.49. The Kier molecular flexibility index (Phi) is 7.49. The summed E-state index contributed by atoms with van der Waals surface area (Å²) in [6.45, 7) is 0.432. The van der Waals surface area contributed by atoms with Gasteiger partial charge in [0, 0.05) is 12.6 Å². The molecule has 0 radical (unpaired) electrons. The quantitative estimate of drug-likeness (QED) is 0.660. The number of ether oxygens (including phenoxy) is 3. The molecule has 0 heterocycles. The normalized spacial score (nSPS) is 10.0. The summed E-state index contributed by atoms with van der Waals surface area (Å²) >= 11 is 0. The predicted molar refractivity (Wildman–Crippen MR) is 103 cm³/mol. The largest absolute Gasteiger partial charge is 0.497 e. The Morgan fingerprint density at radius 2 is 1.63 bits per heavy atom. The molecule has 2 aromatic rings. The summed E-state index contributed by atoms with van der Waals surface area (Å²) in [4.78, 5) is 24.1. The van der Waals surface area contributed by atoms with E-state index in [9.17, 15) is 9.59 Å². The molecule has 2 rings (SSSR count). The highest BCUT2D eigenvalue weighted by Crippen LogP contribution is 2.28. The van der Waals surface area contributed by atoms with Crippen LogP contribution in [0.2, 0.25) is 0 Å². The third-order valence-electron chi connectivity index (χ3n) is 3.87. The van der Waals surface area contributed by atoms with E-state index in [2.05, 4.69) is 10.6 Å². The first-order valence-electron chi connectivity index (χ1n) is 8.47. The third kappa shape index (κ3) is 6.22. The van der Waals surface area contributed by atoms with Crippen molar-refractivity contribution in [3.05, 3.63) is 48.0 Å². The van der Waals surface area contributed by atoms with E-state index in [1.807, 2.05) is 24.3 Å². The molecule has 0 saturated carbocycles. The lowest BCUT2D eigenvalue weighted by Gasteiger charge is -2.12. The Bertz CT molecular complexity index is 792. The van der Waals surface area contributed by atoms with Crippen LogP contribution in [-0.4, -0.2) is 39.7 Å². The van der Waals surface area contributed by atoms with Crippen molar-refractivity contribution in [3.63, 3.8) is 0 Å². The minimum absolute atomic E-state index is 0.279. The number of hydrogen-bond donors (Lipinski definition) is 2. The molecule has 2 aromatic carbocycles. The Labute approximate surface area is 158 Å². The zero-order valence-corrected chi connectivity index (χ0v) is 15.7. The van der Waals surface area contributed by atoms with Crippen molar-refractivity contribution in [2.45, 2.75) is 12.8 Å². The molecule has 2 N–H and O–H groups in total. The van der Waals surface area contributed by atoms with Gasteiger partial charge in [-0.25, -0.2) is 0 Å². The number of nitrogens with one attached hydrogen (secondary N) is 2. The second-order valence-corrected chi connectivity index (χ2v) is 5.74. The number of carbonyl (C=O) groups excluding carboxylic acids is 2. The van der Waals surface area contributed by atoms with E-state index in [-0.39, 0.29) is 12.3 Å². The lowest BCUT2D eigenvalue weighted by molar-refractivity contribution is -0.126. The van der Waals surface area contributed by atoms with E-state index in [1.165, 1.54) is 14.2 Å². The molecule has 2 amide bonds. The Morgan fingerprint density at radius 1 is 0.889 bits per heavy atom. The Morgan fingerprint density at radius 3 is 2.33 bits per heavy atom. The van der Waals surface area contributed by atoms with Crippen molar-refractivity contribution in [3.8, 4) is 17.2 Å². The minimum atomic E-state index is -0.430. The van der Waals surface area contributed by atoms with E-state index in [4.69, 9.17) is 14.2 Å². The molecule has 0 aliphatic carbocycles. The lowest BCUT2D eigenvalue weighted by atomic mass is 10.1. The van der Waals surface area contributed by atoms with E-state index in [0.29, 0.717) is 30.2 Å². The van der Waals surface area contributed by atoms with Gasteiger partial charge in [-0.1, -0.05) is 12.1 Å². The van der Waals surface area contributed by atoms with Gasteiger partial charge in [0.05, 0.1) is 27.0 Å². The van der Waals surface area contributed by atoms with Crippen molar-refractivity contribution in [1.29, 1.82) is 0 Å². The number of benzene rings is 2. The number of amides is 2. The van der Waals surface area contributed by atoms with Gasteiger partial charge in [0.25, 0.3) is 0 Å². The summed E-state index contributed by atoms with van der Waals surface area (Å²) < 4.78 is 15.5. The first-order valence-corrected chi connectivity index (χ1v) is 8.47. The van der Waals surface area contributed by atoms with Crippen molar-refractivity contribution in [1.82, 2.24) is 5.32 Å². The SMILES string of the molecule is COc1cccc(CCNC(=O)CC(=O)Nc2cc(OC)ccc2OC)c1. The number of rotatable bonds is 9. The maximum atomic E-state index is 12.1. The zero-order valence-electron chi connectivity index (χ0n) is 15.7. The molecule has 0 aliphatic rings. The highest BCUT2D eigenvalue weighted by atomic mass is 16.5. The number of methoxy groups -OCH3 is 3. The monoisotopic (exact) mass is 372 g/mol. The number of carbonyl (C=O) groups is 2. The first-order chi connectivity index (χ1) is 13.0. The molecule has 0 spiro atoms. The van der Waals surface area contributed by atoms with Gasteiger partial charge in [0.1, 0.15) is 23.7 Å². The van der Waals surface area contributed by atoms with Gasteiger partial charge in [0.15, 0.2) is 0 Å². The highest BCUT2D eigenvalue weighted by Gasteiger charge is 2.13. The van der Waals surface area contributed by atoms with Gasteiger partial charge in [-0.2, -0.15) is 0 Å². The van der Waals surface area contributed by atoms with Crippen LogP contribution in [0.5, 0.6) is 17.2 Å². The topological polar surface area (TPSA) is 85.9 Å². The molecule has 0 unspecified atom stereocenters. The van der Waals surface area contributed by atoms with Gasteiger partial charge in [-0.3, -0.25) is 9.59 Å². The van der Waals surface area contributed by atoms with Crippen LogP contribution < -0.4 is 24.8 Å². The molecule has 0 aliphatic heterocycles. The molecule has 7 heteroatoms. The lowest BCUT2D eigenvalue weighted by Crippen LogP contribution is -2.29. The third-order valence-corrected chi connectivity index (χ3v) is 3.87. The van der Waals surface area contributed by atoms with E-state index in [1.54, 1.807) is 25.3 Å². The van der Waals surface area contributed by atoms with Crippen LogP contribution >= 0.6 is 0 Å². The van der Waals surface area contributed by atoms with Gasteiger partial charge in [0.2, 0.25) is 11.8 Å². The fourth-order valence-electron chi connectivity index (χ4n) is 2.49. The van der Waals surface area contributed by atoms with Crippen molar-refractivity contribution < 1.29 is 23.8 Å². The zero-order chi connectivity index (χ0) is 19.6. The smallest absolute Gasteiger partial charge is 0.233 e. The molecule has 144 valence electrons. The van der Waals surface area contributed by atoms with Crippen LogP contribution in [0.4, 0.5) is 5.69 Å². The highest BCUT2D eigenvalue weighted by molar-refractivity contribution is 6.04. The summed E-state index contributed by atoms with van der Waals surface area (Å²) in [7, 11) is 4.64. The predicted octanol–water partition coefficient (Wildman–Crippen LogP) is 2.40. The molecule has 0 aromatic heterocycles. The van der Waals surface area contributed by atoms with Crippen molar-refractivity contribution in [2.24, 2.45) is 0 Å². The Hall–Kier alpha value is -3.22. The molecule has 0 bridgehead atoms. The molecule has 0 atom stereocenters. The first kappa shape index (κ1) is 20.1. The number of hydrogen-bond acceptors (Lipinski definition) is 5. The van der Waals surface area contributed by atoms with E-state index < -0.39 is 5.91 Å². The molecule has 0 saturated heterocycles. The van der Waals surface area contributed by atoms with Gasteiger partial charge < -0.3 is 24.8 Å². The standard InChI is InChI=1S/C20H24N2O5/c1-25-15-6-4-5-14(11-15)9-10-21-19(23)13-20(24)22-17-12-16(26-2)7-8-18(17)27-3/h4-8,11-12H,9-10,13H2,1-3H3,(H,21,23)(H,22,24). The second-order valence-electron chi connectivity index (χ2n) is 5.74. The van der Waals surface area contributed by atoms with Crippen molar-refractivity contribution in [2.75, 3.05) is 33.2 Å². The molecular weight excluding hydrogens is 348 g/mol. The molecule has 7 nitrogen and oxygen atoms in total. The Balaban J connectivity index is 1.82. The van der Waals surface area contributed by atoms with E-state index >= 15 is 0 Å². The second kappa shape index (κ2) is 10.1. The molecule has 0 fully saturated rings. The maximum Gasteiger partial charge on any atom is 0.233 e. The maximum absolute atomic E-state index is 12.1.